The number of amides is 2. The van der Waals surface area contributed by atoms with E-state index in [-0.39, 0.29) is 24.8 Å². The molecule has 6 heteroatoms. The van der Waals surface area contributed by atoms with E-state index in [4.69, 9.17) is 4.74 Å². The van der Waals surface area contributed by atoms with E-state index < -0.39 is 0 Å². The van der Waals surface area contributed by atoms with Crippen LogP contribution in [0.5, 0.6) is 5.75 Å². The van der Waals surface area contributed by atoms with E-state index in [1.54, 1.807) is 12.0 Å². The summed E-state index contributed by atoms with van der Waals surface area (Å²) < 4.78 is 5.42. The number of aryl methyl sites for hydroxylation is 1. The Labute approximate surface area is 166 Å². The molecule has 148 valence electrons. The van der Waals surface area contributed by atoms with Gasteiger partial charge in [-0.3, -0.25) is 9.59 Å². The smallest absolute Gasteiger partial charge is 0.242 e. The number of nitrogens with zero attached hydrogens (tertiary/aromatic N) is 2. The molecule has 0 radical (unpaired) electrons. The number of piperazine rings is 1. The van der Waals surface area contributed by atoms with Crippen LogP contribution in [-0.4, -0.2) is 56.5 Å². The van der Waals surface area contributed by atoms with E-state index in [2.05, 4.69) is 10.2 Å². The highest BCUT2D eigenvalue weighted by Gasteiger charge is 2.23. The number of para-hydroxylation sites is 2. The van der Waals surface area contributed by atoms with Crippen LogP contribution in [-0.2, 0) is 16.0 Å². The largest absolute Gasteiger partial charge is 0.495 e. The molecule has 1 heterocycles. The molecule has 0 spiro atoms. The third kappa shape index (κ3) is 5.03. The first-order chi connectivity index (χ1) is 13.6. The number of carbonyl (C=O) groups excluding carboxylic acids is 2. The van der Waals surface area contributed by atoms with Crippen LogP contribution in [0, 0.1) is 6.92 Å². The normalized spacial score (nSPS) is 13.9. The number of benzene rings is 2. The Hall–Kier alpha value is -3.02. The molecule has 2 aromatic rings. The lowest BCUT2D eigenvalue weighted by Crippen LogP contribution is -2.51. The van der Waals surface area contributed by atoms with Gasteiger partial charge in [-0.2, -0.15) is 0 Å². The van der Waals surface area contributed by atoms with Crippen molar-refractivity contribution in [2.75, 3.05) is 44.7 Å². The van der Waals surface area contributed by atoms with Crippen molar-refractivity contribution in [1.82, 2.24) is 10.2 Å². The summed E-state index contributed by atoms with van der Waals surface area (Å²) in [5, 5.41) is 2.75. The molecule has 28 heavy (non-hydrogen) atoms. The van der Waals surface area contributed by atoms with Crippen molar-refractivity contribution >= 4 is 17.5 Å². The highest BCUT2D eigenvalue weighted by molar-refractivity contribution is 5.86. The highest BCUT2D eigenvalue weighted by atomic mass is 16.5. The molecule has 6 nitrogen and oxygen atoms in total. The number of anilines is 1. The molecule has 2 amide bonds. The lowest BCUT2D eigenvalue weighted by atomic mass is 10.1. The summed E-state index contributed by atoms with van der Waals surface area (Å²) in [6.45, 7) is 4.77. The van der Waals surface area contributed by atoms with E-state index in [1.165, 1.54) is 0 Å². The Bertz CT molecular complexity index is 829. The number of ether oxygens (including phenoxy) is 1. The van der Waals surface area contributed by atoms with Crippen LogP contribution in [0.15, 0.2) is 48.5 Å². The average Bonchev–Trinajstić information content (AvgIpc) is 2.72. The van der Waals surface area contributed by atoms with Crippen molar-refractivity contribution in [1.29, 1.82) is 0 Å². The van der Waals surface area contributed by atoms with E-state index in [1.807, 2.05) is 55.5 Å². The van der Waals surface area contributed by atoms with Gasteiger partial charge in [0.2, 0.25) is 11.8 Å². The van der Waals surface area contributed by atoms with Crippen LogP contribution < -0.4 is 15.0 Å². The van der Waals surface area contributed by atoms with Gasteiger partial charge in [0, 0.05) is 26.2 Å². The maximum atomic E-state index is 12.4. The summed E-state index contributed by atoms with van der Waals surface area (Å²) in [4.78, 5) is 28.6. The molecule has 1 aliphatic rings. The molecule has 1 N–H and O–H groups in total. The molecule has 2 aromatic carbocycles. The van der Waals surface area contributed by atoms with Crippen molar-refractivity contribution < 1.29 is 14.3 Å². The van der Waals surface area contributed by atoms with Gasteiger partial charge in [-0.25, -0.2) is 0 Å². The Balaban J connectivity index is 1.45. The van der Waals surface area contributed by atoms with Crippen LogP contribution in [0.1, 0.15) is 11.1 Å². The molecule has 1 fully saturated rings. The minimum Gasteiger partial charge on any atom is -0.495 e. The molecule has 0 aromatic heterocycles. The average molecular weight is 381 g/mol. The van der Waals surface area contributed by atoms with Crippen LogP contribution in [0.3, 0.4) is 0 Å². The second-order valence-electron chi connectivity index (χ2n) is 6.98. The molecule has 1 saturated heterocycles. The highest BCUT2D eigenvalue weighted by Crippen LogP contribution is 2.28. The zero-order valence-corrected chi connectivity index (χ0v) is 16.5. The zero-order chi connectivity index (χ0) is 19.9. The lowest BCUT2D eigenvalue weighted by molar-refractivity contribution is -0.133. The fraction of sp³-hybridized carbons (Fsp3) is 0.364. The van der Waals surface area contributed by atoms with Gasteiger partial charge < -0.3 is 19.9 Å². The zero-order valence-electron chi connectivity index (χ0n) is 16.5. The Kier molecular flexibility index (Phi) is 6.53. The fourth-order valence-corrected chi connectivity index (χ4v) is 3.44. The summed E-state index contributed by atoms with van der Waals surface area (Å²) in [6, 6.07) is 15.7. The van der Waals surface area contributed by atoms with E-state index in [0.29, 0.717) is 13.1 Å². The van der Waals surface area contributed by atoms with Crippen LogP contribution in [0.4, 0.5) is 5.69 Å². The molecule has 0 saturated carbocycles. The third-order valence-corrected chi connectivity index (χ3v) is 4.94. The maximum Gasteiger partial charge on any atom is 0.242 e. The number of hydrogen-bond acceptors (Lipinski definition) is 4. The monoisotopic (exact) mass is 381 g/mol. The quantitative estimate of drug-likeness (QED) is 0.832. The van der Waals surface area contributed by atoms with E-state index in [9.17, 15) is 9.59 Å². The van der Waals surface area contributed by atoms with Crippen molar-refractivity contribution in [2.45, 2.75) is 13.3 Å². The van der Waals surface area contributed by atoms with Crippen molar-refractivity contribution in [3.8, 4) is 5.75 Å². The summed E-state index contributed by atoms with van der Waals surface area (Å²) in [7, 11) is 1.66. The summed E-state index contributed by atoms with van der Waals surface area (Å²) >= 11 is 0. The van der Waals surface area contributed by atoms with Gasteiger partial charge in [0.25, 0.3) is 0 Å². The van der Waals surface area contributed by atoms with Crippen molar-refractivity contribution in [3.63, 3.8) is 0 Å². The number of methoxy groups -OCH3 is 1. The Morgan fingerprint density at radius 2 is 1.79 bits per heavy atom. The molecule has 0 unspecified atom stereocenters. The second kappa shape index (κ2) is 9.26. The van der Waals surface area contributed by atoms with Gasteiger partial charge in [0.15, 0.2) is 0 Å². The van der Waals surface area contributed by atoms with Gasteiger partial charge in [-0.05, 0) is 24.6 Å². The van der Waals surface area contributed by atoms with Gasteiger partial charge in [-0.15, -0.1) is 0 Å². The molecular weight excluding hydrogens is 354 g/mol. The standard InChI is InChI=1S/C22H27N3O3/c1-17-6-5-7-18(14-17)15-21(26)23-16-22(27)25-12-10-24(11-13-25)19-8-3-4-9-20(19)28-2/h3-9,14H,10-13,15-16H2,1-2H3,(H,23,26). The van der Waals surface area contributed by atoms with Crippen molar-refractivity contribution in [2.24, 2.45) is 0 Å². The molecule has 3 rings (SSSR count). The Morgan fingerprint density at radius 3 is 2.50 bits per heavy atom. The molecule has 0 bridgehead atoms. The molecule has 0 aliphatic carbocycles. The first kappa shape index (κ1) is 19.7. The predicted octanol–water partition coefficient (Wildman–Crippen LogP) is 2.01. The van der Waals surface area contributed by atoms with Crippen LogP contribution >= 0.6 is 0 Å². The second-order valence-corrected chi connectivity index (χ2v) is 6.98. The number of hydrogen-bond donors (Lipinski definition) is 1. The minimum atomic E-state index is -0.133. The topological polar surface area (TPSA) is 61.9 Å². The van der Waals surface area contributed by atoms with Crippen LogP contribution in [0.2, 0.25) is 0 Å². The van der Waals surface area contributed by atoms with E-state index in [0.717, 1.165) is 35.7 Å². The minimum absolute atomic E-state index is 0.0410. The number of nitrogens with one attached hydrogen (secondary N) is 1. The van der Waals surface area contributed by atoms with Gasteiger partial charge in [0.05, 0.1) is 25.8 Å². The third-order valence-electron chi connectivity index (χ3n) is 4.94. The lowest BCUT2D eigenvalue weighted by Gasteiger charge is -2.36. The first-order valence-electron chi connectivity index (χ1n) is 9.55. The SMILES string of the molecule is COc1ccccc1N1CCN(C(=O)CNC(=O)Cc2cccc(C)c2)CC1. The molecule has 1 aliphatic heterocycles. The van der Waals surface area contributed by atoms with Crippen LogP contribution in [0.25, 0.3) is 0 Å². The number of rotatable bonds is 6. The van der Waals surface area contributed by atoms with Crippen molar-refractivity contribution in [3.05, 3.63) is 59.7 Å². The maximum absolute atomic E-state index is 12.4. The summed E-state index contributed by atoms with van der Waals surface area (Å²) in [5.41, 5.74) is 3.12. The van der Waals surface area contributed by atoms with Gasteiger partial charge >= 0.3 is 0 Å². The number of carbonyl (C=O) groups is 2. The van der Waals surface area contributed by atoms with Gasteiger partial charge in [-0.1, -0.05) is 42.0 Å². The summed E-state index contributed by atoms with van der Waals surface area (Å²) in [5.74, 6) is 0.662. The summed E-state index contributed by atoms with van der Waals surface area (Å²) in [6.07, 6.45) is 0.288. The van der Waals surface area contributed by atoms with Gasteiger partial charge in [0.1, 0.15) is 5.75 Å². The van der Waals surface area contributed by atoms with E-state index >= 15 is 0 Å². The molecule has 0 atom stereocenters. The Morgan fingerprint density at radius 1 is 1.04 bits per heavy atom. The fourth-order valence-electron chi connectivity index (χ4n) is 3.44. The first-order valence-corrected chi connectivity index (χ1v) is 9.55. The molecular formula is C22H27N3O3. The predicted molar refractivity (Wildman–Crippen MR) is 110 cm³/mol.